The SMILES string of the molecule is CCN(C(=O)[C@H](C)OC(=O)c1ccc(-c2ccc(C(C)=O)cc2)o1)c1ccccc1. The van der Waals surface area contributed by atoms with Crippen LogP contribution in [0.15, 0.2) is 71.1 Å². The smallest absolute Gasteiger partial charge is 0.375 e. The van der Waals surface area contributed by atoms with Crippen LogP contribution in [0.1, 0.15) is 41.7 Å². The second-order valence-electron chi connectivity index (χ2n) is 6.76. The number of ether oxygens (including phenoxy) is 1. The van der Waals surface area contributed by atoms with Gasteiger partial charge in [0.1, 0.15) is 5.76 Å². The molecular weight excluding hydrogens is 382 g/mol. The van der Waals surface area contributed by atoms with Gasteiger partial charge in [0.05, 0.1) is 0 Å². The van der Waals surface area contributed by atoms with Crippen molar-refractivity contribution in [3.8, 4) is 11.3 Å². The van der Waals surface area contributed by atoms with E-state index in [4.69, 9.17) is 9.15 Å². The van der Waals surface area contributed by atoms with Crippen LogP contribution < -0.4 is 4.90 Å². The molecule has 30 heavy (non-hydrogen) atoms. The second-order valence-corrected chi connectivity index (χ2v) is 6.76. The normalized spacial score (nSPS) is 11.6. The van der Waals surface area contributed by atoms with Gasteiger partial charge in [0.15, 0.2) is 11.9 Å². The molecule has 0 aliphatic carbocycles. The highest BCUT2D eigenvalue weighted by Gasteiger charge is 2.26. The van der Waals surface area contributed by atoms with Gasteiger partial charge >= 0.3 is 5.97 Å². The van der Waals surface area contributed by atoms with Crippen molar-refractivity contribution in [3.63, 3.8) is 0 Å². The molecular formula is C24H23NO5. The van der Waals surface area contributed by atoms with Crippen LogP contribution in [0.3, 0.4) is 0 Å². The summed E-state index contributed by atoms with van der Waals surface area (Å²) >= 11 is 0. The maximum absolute atomic E-state index is 12.7. The van der Waals surface area contributed by atoms with E-state index in [0.717, 1.165) is 11.3 Å². The monoisotopic (exact) mass is 405 g/mol. The standard InChI is InChI=1S/C24H23NO5/c1-4-25(20-8-6-5-7-9-20)23(27)17(3)29-24(28)22-15-14-21(30-22)19-12-10-18(11-13-19)16(2)26/h5-15,17H,4H2,1-3H3/t17-/m0/s1. The van der Waals surface area contributed by atoms with Crippen molar-refractivity contribution in [1.82, 2.24) is 0 Å². The van der Waals surface area contributed by atoms with Crippen molar-refractivity contribution in [2.75, 3.05) is 11.4 Å². The molecule has 2 aromatic carbocycles. The van der Waals surface area contributed by atoms with Crippen molar-refractivity contribution in [3.05, 3.63) is 78.1 Å². The van der Waals surface area contributed by atoms with Gasteiger partial charge in [0.2, 0.25) is 5.76 Å². The highest BCUT2D eigenvalue weighted by atomic mass is 16.6. The van der Waals surface area contributed by atoms with Crippen LogP contribution in [0.4, 0.5) is 5.69 Å². The number of likely N-dealkylation sites (N-methyl/N-ethyl adjacent to an activating group) is 1. The maximum Gasteiger partial charge on any atom is 0.375 e. The largest absolute Gasteiger partial charge is 0.449 e. The Morgan fingerprint density at radius 2 is 1.63 bits per heavy atom. The summed E-state index contributed by atoms with van der Waals surface area (Å²) in [5.74, 6) is -0.589. The molecule has 0 radical (unpaired) electrons. The molecule has 0 unspecified atom stereocenters. The van der Waals surface area contributed by atoms with E-state index in [9.17, 15) is 14.4 Å². The van der Waals surface area contributed by atoms with Crippen molar-refractivity contribution in [2.45, 2.75) is 26.9 Å². The molecule has 0 aliphatic rings. The first-order chi connectivity index (χ1) is 14.4. The summed E-state index contributed by atoms with van der Waals surface area (Å²) in [6.45, 7) is 5.34. The minimum Gasteiger partial charge on any atom is -0.449 e. The van der Waals surface area contributed by atoms with Crippen molar-refractivity contribution < 1.29 is 23.5 Å². The average molecular weight is 405 g/mol. The molecule has 0 saturated heterocycles. The summed E-state index contributed by atoms with van der Waals surface area (Å²) in [6, 6.07) is 19.2. The van der Waals surface area contributed by atoms with E-state index in [1.54, 1.807) is 35.2 Å². The first kappa shape index (κ1) is 21.0. The average Bonchev–Trinajstić information content (AvgIpc) is 3.25. The van der Waals surface area contributed by atoms with Gasteiger partial charge in [-0.05, 0) is 45.0 Å². The third-order valence-corrected chi connectivity index (χ3v) is 4.66. The molecule has 6 nitrogen and oxygen atoms in total. The Morgan fingerprint density at radius 1 is 0.967 bits per heavy atom. The molecule has 0 bridgehead atoms. The van der Waals surface area contributed by atoms with Gasteiger partial charge in [-0.15, -0.1) is 0 Å². The Bertz CT molecular complexity index is 1040. The second kappa shape index (κ2) is 9.22. The zero-order valence-corrected chi connectivity index (χ0v) is 17.1. The highest BCUT2D eigenvalue weighted by molar-refractivity contribution is 5.98. The lowest BCUT2D eigenvalue weighted by Gasteiger charge is -2.24. The molecule has 1 heterocycles. The van der Waals surface area contributed by atoms with Crippen LogP contribution >= 0.6 is 0 Å². The molecule has 3 aromatic rings. The summed E-state index contributed by atoms with van der Waals surface area (Å²) in [5, 5.41) is 0. The summed E-state index contributed by atoms with van der Waals surface area (Å²) in [6.07, 6.45) is -0.971. The highest BCUT2D eigenvalue weighted by Crippen LogP contribution is 2.24. The van der Waals surface area contributed by atoms with E-state index in [1.807, 2.05) is 37.3 Å². The van der Waals surface area contributed by atoms with E-state index in [1.165, 1.54) is 19.9 Å². The number of amides is 1. The molecule has 0 aliphatic heterocycles. The zero-order chi connectivity index (χ0) is 21.7. The minimum atomic E-state index is -0.971. The topological polar surface area (TPSA) is 76.8 Å². The number of rotatable bonds is 7. The Kier molecular flexibility index (Phi) is 6.47. The summed E-state index contributed by atoms with van der Waals surface area (Å²) in [7, 11) is 0. The lowest BCUT2D eigenvalue weighted by Crippen LogP contribution is -2.40. The fraction of sp³-hybridized carbons (Fsp3) is 0.208. The third-order valence-electron chi connectivity index (χ3n) is 4.66. The number of hydrogen-bond donors (Lipinski definition) is 0. The van der Waals surface area contributed by atoms with Crippen molar-refractivity contribution in [1.29, 1.82) is 0 Å². The molecule has 6 heteroatoms. The number of hydrogen-bond acceptors (Lipinski definition) is 5. The number of anilines is 1. The minimum absolute atomic E-state index is 0.00283. The predicted octanol–water partition coefficient (Wildman–Crippen LogP) is 4.75. The van der Waals surface area contributed by atoms with E-state index in [0.29, 0.717) is 17.9 Å². The first-order valence-electron chi connectivity index (χ1n) is 9.69. The van der Waals surface area contributed by atoms with Crippen molar-refractivity contribution in [2.24, 2.45) is 0 Å². The Labute approximate surface area is 175 Å². The van der Waals surface area contributed by atoms with Crippen LogP contribution in [0, 0.1) is 0 Å². The quantitative estimate of drug-likeness (QED) is 0.419. The Balaban J connectivity index is 1.68. The molecule has 0 spiro atoms. The lowest BCUT2D eigenvalue weighted by atomic mass is 10.1. The molecule has 1 aromatic heterocycles. The van der Waals surface area contributed by atoms with E-state index >= 15 is 0 Å². The van der Waals surface area contributed by atoms with E-state index < -0.39 is 12.1 Å². The number of Topliss-reactive ketones (excluding diaryl/α,β-unsaturated/α-hetero) is 1. The zero-order valence-electron chi connectivity index (χ0n) is 17.1. The summed E-state index contributed by atoms with van der Waals surface area (Å²) in [5.41, 5.74) is 2.06. The Morgan fingerprint density at radius 3 is 2.23 bits per heavy atom. The van der Waals surface area contributed by atoms with Gasteiger partial charge in [-0.2, -0.15) is 0 Å². The number of furan rings is 1. The van der Waals surface area contributed by atoms with Crippen LogP contribution in [-0.4, -0.2) is 30.3 Å². The van der Waals surface area contributed by atoms with Gasteiger partial charge in [-0.3, -0.25) is 9.59 Å². The molecule has 3 rings (SSSR count). The molecule has 0 fully saturated rings. The summed E-state index contributed by atoms with van der Waals surface area (Å²) in [4.78, 5) is 38.2. The number of carbonyl (C=O) groups excluding carboxylic acids is 3. The van der Waals surface area contributed by atoms with Crippen LogP contribution in [0.5, 0.6) is 0 Å². The number of benzene rings is 2. The number of para-hydroxylation sites is 1. The van der Waals surface area contributed by atoms with Gasteiger partial charge in [0.25, 0.3) is 5.91 Å². The van der Waals surface area contributed by atoms with Gasteiger partial charge in [-0.25, -0.2) is 4.79 Å². The van der Waals surface area contributed by atoms with E-state index in [2.05, 4.69) is 0 Å². The number of ketones is 1. The lowest BCUT2D eigenvalue weighted by molar-refractivity contribution is -0.126. The molecule has 0 saturated carbocycles. The van der Waals surface area contributed by atoms with Gasteiger partial charge in [-0.1, -0.05) is 42.5 Å². The first-order valence-corrected chi connectivity index (χ1v) is 9.69. The van der Waals surface area contributed by atoms with Crippen molar-refractivity contribution >= 4 is 23.3 Å². The fourth-order valence-electron chi connectivity index (χ4n) is 3.03. The molecule has 1 atom stereocenters. The van der Waals surface area contributed by atoms with Gasteiger partial charge in [0, 0.05) is 23.4 Å². The van der Waals surface area contributed by atoms with Crippen LogP contribution in [0.2, 0.25) is 0 Å². The van der Waals surface area contributed by atoms with Crippen LogP contribution in [-0.2, 0) is 9.53 Å². The third kappa shape index (κ3) is 4.66. The summed E-state index contributed by atoms with van der Waals surface area (Å²) < 4.78 is 10.9. The predicted molar refractivity (Wildman–Crippen MR) is 113 cm³/mol. The number of nitrogens with zero attached hydrogens (tertiary/aromatic N) is 1. The molecule has 154 valence electrons. The maximum atomic E-state index is 12.7. The molecule has 1 amide bonds. The van der Waals surface area contributed by atoms with Gasteiger partial charge < -0.3 is 14.1 Å². The fourth-order valence-corrected chi connectivity index (χ4v) is 3.03. The Hall–Kier alpha value is -3.67. The van der Waals surface area contributed by atoms with E-state index in [-0.39, 0.29) is 17.5 Å². The number of esters is 1. The molecule has 0 N–H and O–H groups in total. The number of carbonyl (C=O) groups is 3. The van der Waals surface area contributed by atoms with Crippen LogP contribution in [0.25, 0.3) is 11.3 Å².